The Morgan fingerprint density at radius 2 is 1.56 bits per heavy atom. The molecule has 2 heterocycles. The maximum Gasteiger partial charge on any atom is 0.329 e. The molecule has 2 aliphatic heterocycles. The molecular weight excluding hydrogens is 367 g/mol. The largest absolute Gasteiger partial charge is 0.329 e. The van der Waals surface area contributed by atoms with E-state index in [0.29, 0.717) is 16.4 Å². The van der Waals surface area contributed by atoms with Gasteiger partial charge in [-0.25, -0.2) is 17.6 Å². The number of amides is 2. The number of halogens is 2. The molecule has 0 radical (unpaired) electrons. The minimum Gasteiger partial charge on any atom is -0.288 e. The number of carbonyl (C=O) groups is 1. The molecular formula is C17H14ClFN2O3S. The number of para-hydroxylation sites is 1. The Labute approximate surface area is 149 Å². The van der Waals surface area contributed by atoms with Crippen LogP contribution >= 0.6 is 11.6 Å². The van der Waals surface area contributed by atoms with Gasteiger partial charge in [-0.05, 0) is 36.4 Å². The highest BCUT2D eigenvalue weighted by Gasteiger charge is 2.54. The van der Waals surface area contributed by atoms with Crippen LogP contribution in [0.25, 0.3) is 0 Å². The zero-order valence-electron chi connectivity index (χ0n) is 13.0. The van der Waals surface area contributed by atoms with Crippen LogP contribution in [0.5, 0.6) is 0 Å². The monoisotopic (exact) mass is 380 g/mol. The highest BCUT2D eigenvalue weighted by molar-refractivity contribution is 7.91. The maximum atomic E-state index is 13.2. The van der Waals surface area contributed by atoms with Gasteiger partial charge in [-0.3, -0.25) is 9.80 Å². The Hall–Kier alpha value is -2.12. The second-order valence-electron chi connectivity index (χ2n) is 6.16. The Balaban J connectivity index is 1.83. The predicted octanol–water partition coefficient (Wildman–Crippen LogP) is 3.09. The molecule has 0 aromatic heterocycles. The number of fused-ring (bicyclic) bond motifs is 1. The number of sulfone groups is 1. The van der Waals surface area contributed by atoms with E-state index in [9.17, 15) is 17.6 Å². The molecule has 4 rings (SSSR count). The normalized spacial score (nSPS) is 24.6. The van der Waals surface area contributed by atoms with Gasteiger partial charge in [0.25, 0.3) is 0 Å². The number of nitrogens with zero attached hydrogens (tertiary/aromatic N) is 2. The number of rotatable bonds is 2. The topological polar surface area (TPSA) is 57.7 Å². The summed E-state index contributed by atoms with van der Waals surface area (Å²) in [5.41, 5.74) is 0.943. The molecule has 25 heavy (non-hydrogen) atoms. The second-order valence-corrected chi connectivity index (χ2v) is 8.72. The average molecular weight is 381 g/mol. The third-order valence-electron chi connectivity index (χ3n) is 4.59. The summed E-state index contributed by atoms with van der Waals surface area (Å²) in [6.45, 7) is 0. The first-order valence-electron chi connectivity index (χ1n) is 7.70. The van der Waals surface area contributed by atoms with Crippen molar-refractivity contribution in [2.75, 3.05) is 21.3 Å². The summed E-state index contributed by atoms with van der Waals surface area (Å²) < 4.78 is 37.6. The molecule has 0 N–H and O–H groups in total. The van der Waals surface area contributed by atoms with Gasteiger partial charge in [-0.2, -0.15) is 0 Å². The van der Waals surface area contributed by atoms with Crippen molar-refractivity contribution in [2.45, 2.75) is 12.1 Å². The number of hydrogen-bond donors (Lipinski definition) is 0. The minimum atomic E-state index is -3.28. The summed E-state index contributed by atoms with van der Waals surface area (Å²) in [5.74, 6) is -0.664. The molecule has 2 aromatic carbocycles. The first-order valence-corrected chi connectivity index (χ1v) is 9.90. The van der Waals surface area contributed by atoms with E-state index in [-0.39, 0.29) is 17.5 Å². The Morgan fingerprint density at radius 3 is 2.20 bits per heavy atom. The predicted molar refractivity (Wildman–Crippen MR) is 94.4 cm³/mol. The molecule has 5 nitrogen and oxygen atoms in total. The summed E-state index contributed by atoms with van der Waals surface area (Å²) in [7, 11) is -3.28. The van der Waals surface area contributed by atoms with E-state index in [0.717, 1.165) is 0 Å². The van der Waals surface area contributed by atoms with Crippen molar-refractivity contribution >= 4 is 38.8 Å². The molecule has 8 heteroatoms. The zero-order valence-corrected chi connectivity index (χ0v) is 14.5. The standard InChI is InChI=1S/C17H14ClFN2O3S/c18-13-3-1-2-4-14(13)21-16-10-25(23,24)9-15(16)20(17(21)22)12-7-5-11(19)6-8-12/h1-8,15-16H,9-10H2/t15-,16+/m1/s1. The van der Waals surface area contributed by atoms with Crippen molar-refractivity contribution in [1.29, 1.82) is 0 Å². The SMILES string of the molecule is O=C1N(c2ccc(F)cc2)[C@@H]2CS(=O)(=O)C[C@@H]2N1c1ccccc1Cl. The number of benzene rings is 2. The number of carbonyl (C=O) groups excluding carboxylic acids is 1. The van der Waals surface area contributed by atoms with Crippen molar-refractivity contribution in [1.82, 2.24) is 0 Å². The molecule has 0 spiro atoms. The summed E-state index contributed by atoms with van der Waals surface area (Å²) in [6.07, 6.45) is 0. The van der Waals surface area contributed by atoms with E-state index in [2.05, 4.69) is 0 Å². The Kier molecular flexibility index (Phi) is 3.73. The molecule has 2 aliphatic rings. The molecule has 2 amide bonds. The van der Waals surface area contributed by atoms with Crippen LogP contribution < -0.4 is 9.80 Å². The lowest BCUT2D eigenvalue weighted by molar-refractivity contribution is 0.255. The smallest absolute Gasteiger partial charge is 0.288 e. The molecule has 0 aliphatic carbocycles. The van der Waals surface area contributed by atoms with Crippen LogP contribution in [0.4, 0.5) is 20.6 Å². The fourth-order valence-corrected chi connectivity index (χ4v) is 5.68. The van der Waals surface area contributed by atoms with Gasteiger partial charge >= 0.3 is 6.03 Å². The van der Waals surface area contributed by atoms with Gasteiger partial charge < -0.3 is 0 Å². The minimum absolute atomic E-state index is 0.119. The molecule has 130 valence electrons. The third kappa shape index (κ3) is 2.67. The van der Waals surface area contributed by atoms with Crippen LogP contribution in [-0.4, -0.2) is 38.0 Å². The molecule has 0 bridgehead atoms. The lowest BCUT2D eigenvalue weighted by Crippen LogP contribution is -2.38. The van der Waals surface area contributed by atoms with Crippen molar-refractivity contribution in [3.05, 3.63) is 59.4 Å². The van der Waals surface area contributed by atoms with Gasteiger partial charge in [-0.1, -0.05) is 23.7 Å². The molecule has 2 aromatic rings. The van der Waals surface area contributed by atoms with Gasteiger partial charge in [0.2, 0.25) is 0 Å². The fraction of sp³-hybridized carbons (Fsp3) is 0.235. The lowest BCUT2D eigenvalue weighted by atomic mass is 10.1. The third-order valence-corrected chi connectivity index (χ3v) is 6.60. The number of anilines is 2. The molecule has 2 atom stereocenters. The summed E-state index contributed by atoms with van der Waals surface area (Å²) in [6, 6.07) is 10.9. The average Bonchev–Trinajstić information content (AvgIpc) is 2.99. The Bertz CT molecular complexity index is 949. The first kappa shape index (κ1) is 16.4. The van der Waals surface area contributed by atoms with Crippen LogP contribution in [0.2, 0.25) is 5.02 Å². The van der Waals surface area contributed by atoms with E-state index in [1.807, 2.05) is 0 Å². The van der Waals surface area contributed by atoms with Crippen molar-refractivity contribution in [3.8, 4) is 0 Å². The highest BCUT2D eigenvalue weighted by Crippen LogP contribution is 2.40. The summed E-state index contributed by atoms with van der Waals surface area (Å²) in [5, 5.41) is 0.375. The first-order chi connectivity index (χ1) is 11.9. The zero-order chi connectivity index (χ0) is 17.8. The summed E-state index contributed by atoms with van der Waals surface area (Å²) in [4.78, 5) is 15.9. The van der Waals surface area contributed by atoms with Gasteiger partial charge in [0.05, 0.1) is 34.3 Å². The van der Waals surface area contributed by atoms with E-state index in [1.165, 1.54) is 34.1 Å². The van der Waals surface area contributed by atoms with Crippen molar-refractivity contribution < 1.29 is 17.6 Å². The number of hydrogen-bond acceptors (Lipinski definition) is 3. The van der Waals surface area contributed by atoms with Gasteiger partial charge in [0, 0.05) is 5.69 Å². The fourth-order valence-electron chi connectivity index (χ4n) is 3.54. The molecule has 2 fully saturated rings. The molecule has 0 saturated carbocycles. The van der Waals surface area contributed by atoms with Gasteiger partial charge in [0.15, 0.2) is 9.84 Å². The van der Waals surface area contributed by atoms with Crippen LogP contribution in [0, 0.1) is 5.82 Å². The van der Waals surface area contributed by atoms with E-state index in [4.69, 9.17) is 11.6 Å². The number of urea groups is 1. The van der Waals surface area contributed by atoms with Crippen LogP contribution in [0.15, 0.2) is 48.5 Å². The highest BCUT2D eigenvalue weighted by atomic mass is 35.5. The van der Waals surface area contributed by atoms with Crippen LogP contribution in [0.1, 0.15) is 0 Å². The molecule has 2 saturated heterocycles. The molecule has 0 unspecified atom stereocenters. The van der Waals surface area contributed by atoms with E-state index < -0.39 is 27.7 Å². The quantitative estimate of drug-likeness (QED) is 0.752. The van der Waals surface area contributed by atoms with Crippen LogP contribution in [0.3, 0.4) is 0 Å². The van der Waals surface area contributed by atoms with Crippen LogP contribution in [-0.2, 0) is 9.84 Å². The lowest BCUT2D eigenvalue weighted by Gasteiger charge is -2.23. The van der Waals surface area contributed by atoms with Crippen molar-refractivity contribution in [3.63, 3.8) is 0 Å². The van der Waals surface area contributed by atoms with Crippen molar-refractivity contribution in [2.24, 2.45) is 0 Å². The maximum absolute atomic E-state index is 13.2. The Morgan fingerprint density at radius 1 is 0.960 bits per heavy atom. The summed E-state index contributed by atoms with van der Waals surface area (Å²) >= 11 is 6.23. The second kappa shape index (κ2) is 5.71. The van der Waals surface area contributed by atoms with Gasteiger partial charge in [-0.15, -0.1) is 0 Å². The van der Waals surface area contributed by atoms with Gasteiger partial charge in [0.1, 0.15) is 5.82 Å². The van der Waals surface area contributed by atoms with E-state index in [1.54, 1.807) is 24.3 Å². The van der Waals surface area contributed by atoms with E-state index >= 15 is 0 Å².